The molecule has 0 radical (unpaired) electrons. The number of anilines is 1. The first-order valence-electron chi connectivity index (χ1n) is 9.61. The first kappa shape index (κ1) is 19.7. The van der Waals surface area contributed by atoms with Gasteiger partial charge in [0.25, 0.3) is 5.91 Å². The second-order valence-corrected chi connectivity index (χ2v) is 8.27. The van der Waals surface area contributed by atoms with Gasteiger partial charge in [0.05, 0.1) is 10.6 Å². The predicted octanol–water partition coefficient (Wildman–Crippen LogP) is 3.87. The molecule has 0 N–H and O–H groups in total. The number of carbonyl (C=O) groups excluding carboxylic acids is 3. The number of amides is 2. The number of imide groups is 1. The number of hydrogen-bond acceptors (Lipinski definition) is 6. The van der Waals surface area contributed by atoms with Crippen molar-refractivity contribution in [1.29, 1.82) is 0 Å². The van der Waals surface area contributed by atoms with Crippen molar-refractivity contribution in [1.82, 2.24) is 4.90 Å². The van der Waals surface area contributed by atoms with Gasteiger partial charge < -0.3 is 9.64 Å². The molecule has 0 atom stereocenters. The third-order valence-electron chi connectivity index (χ3n) is 5.48. The molecule has 2 fully saturated rings. The number of nitrogens with zero attached hydrogens (tertiary/aromatic N) is 2. The number of carbonyl (C=O) groups is 3. The smallest absolute Gasteiger partial charge is 0.422 e. The van der Waals surface area contributed by atoms with Gasteiger partial charge in [-0.3, -0.25) is 9.59 Å². The van der Waals surface area contributed by atoms with E-state index in [4.69, 9.17) is 4.74 Å². The highest BCUT2D eigenvalue weighted by molar-refractivity contribution is 7.12. The molecule has 0 unspecified atom stereocenters. The van der Waals surface area contributed by atoms with Crippen molar-refractivity contribution >= 4 is 34.8 Å². The third kappa shape index (κ3) is 3.95. The SMILES string of the molecule is O=C(CCCN1CCC2(CC1)OC(=O)N(c1ccc(F)cc1)C2=O)c1cccs1. The lowest BCUT2D eigenvalue weighted by Crippen LogP contribution is -2.50. The van der Waals surface area contributed by atoms with Crippen LogP contribution in [-0.4, -0.2) is 47.9 Å². The van der Waals surface area contributed by atoms with E-state index in [2.05, 4.69) is 4.90 Å². The molecule has 29 heavy (non-hydrogen) atoms. The number of rotatable bonds is 6. The molecule has 4 rings (SSSR count). The van der Waals surface area contributed by atoms with Gasteiger partial charge in [-0.2, -0.15) is 0 Å². The highest BCUT2D eigenvalue weighted by Crippen LogP contribution is 2.37. The minimum absolute atomic E-state index is 0.156. The van der Waals surface area contributed by atoms with E-state index in [1.165, 1.54) is 35.6 Å². The Kier molecular flexibility index (Phi) is 5.47. The molecular weight excluding hydrogens is 395 g/mol. The normalized spacial score (nSPS) is 19.0. The molecule has 0 bridgehead atoms. The maximum Gasteiger partial charge on any atom is 0.422 e. The molecular formula is C21H21FN2O4S. The maximum absolute atomic E-state index is 13.1. The van der Waals surface area contributed by atoms with Crippen LogP contribution < -0.4 is 4.90 Å². The van der Waals surface area contributed by atoms with E-state index < -0.39 is 17.5 Å². The van der Waals surface area contributed by atoms with Gasteiger partial charge in [-0.1, -0.05) is 6.07 Å². The molecule has 8 heteroatoms. The summed E-state index contributed by atoms with van der Waals surface area (Å²) < 4.78 is 18.6. The fourth-order valence-corrected chi connectivity index (χ4v) is 4.53. The number of ether oxygens (including phenoxy) is 1. The minimum atomic E-state index is -1.14. The average Bonchev–Trinajstić information content (AvgIpc) is 3.32. The van der Waals surface area contributed by atoms with E-state index in [0.717, 1.165) is 22.7 Å². The van der Waals surface area contributed by atoms with Gasteiger partial charge in [-0.05, 0) is 48.7 Å². The van der Waals surface area contributed by atoms with Gasteiger partial charge >= 0.3 is 6.09 Å². The maximum atomic E-state index is 13.1. The fraction of sp³-hybridized carbons (Fsp3) is 0.381. The van der Waals surface area contributed by atoms with Crippen LogP contribution in [0.1, 0.15) is 35.4 Å². The van der Waals surface area contributed by atoms with Crippen molar-refractivity contribution in [3.05, 3.63) is 52.5 Å². The Morgan fingerprint density at radius 2 is 1.86 bits per heavy atom. The van der Waals surface area contributed by atoms with Gasteiger partial charge in [0.2, 0.25) is 0 Å². The monoisotopic (exact) mass is 416 g/mol. The first-order chi connectivity index (χ1) is 14.0. The van der Waals surface area contributed by atoms with Crippen molar-refractivity contribution in [3.63, 3.8) is 0 Å². The molecule has 2 aliphatic heterocycles. The fourth-order valence-electron chi connectivity index (χ4n) is 3.83. The second kappa shape index (κ2) is 8.04. The van der Waals surface area contributed by atoms with E-state index in [9.17, 15) is 18.8 Å². The van der Waals surface area contributed by atoms with Gasteiger partial charge in [-0.15, -0.1) is 11.3 Å². The molecule has 1 aromatic carbocycles. The van der Waals surface area contributed by atoms with Crippen LogP contribution in [0.3, 0.4) is 0 Å². The molecule has 2 saturated heterocycles. The van der Waals surface area contributed by atoms with Crippen LogP contribution in [0.2, 0.25) is 0 Å². The molecule has 2 amide bonds. The van der Waals surface area contributed by atoms with Crippen molar-refractivity contribution in [2.75, 3.05) is 24.5 Å². The number of piperidine rings is 1. The molecule has 2 aromatic rings. The molecule has 0 aliphatic carbocycles. The summed E-state index contributed by atoms with van der Waals surface area (Å²) in [6, 6.07) is 8.92. The van der Waals surface area contributed by atoms with Crippen LogP contribution in [0.15, 0.2) is 41.8 Å². The highest BCUT2D eigenvalue weighted by Gasteiger charge is 2.55. The highest BCUT2D eigenvalue weighted by atomic mass is 32.1. The van der Waals surface area contributed by atoms with Crippen molar-refractivity contribution < 1.29 is 23.5 Å². The number of hydrogen-bond donors (Lipinski definition) is 0. The largest absolute Gasteiger partial charge is 0.432 e. The van der Waals surface area contributed by atoms with Gasteiger partial charge in [0.1, 0.15) is 5.82 Å². The van der Waals surface area contributed by atoms with Crippen molar-refractivity contribution in [2.24, 2.45) is 0 Å². The molecule has 152 valence electrons. The quantitative estimate of drug-likeness (QED) is 0.669. The van der Waals surface area contributed by atoms with Gasteiger partial charge in [-0.25, -0.2) is 14.1 Å². The Balaban J connectivity index is 1.31. The standard InChI is InChI=1S/C21H21FN2O4S/c22-15-5-7-16(8-6-15)24-19(26)21(28-20(24)27)9-12-23(13-10-21)11-1-3-17(25)18-4-2-14-29-18/h2,4-8,14H,1,3,9-13H2. The van der Waals surface area contributed by atoms with Gasteiger partial charge in [0, 0.05) is 32.4 Å². The third-order valence-corrected chi connectivity index (χ3v) is 6.39. The number of halogens is 1. The van der Waals surface area contributed by atoms with E-state index in [1.807, 2.05) is 17.5 Å². The van der Waals surface area contributed by atoms with E-state index >= 15 is 0 Å². The van der Waals surface area contributed by atoms with Gasteiger partial charge in [0.15, 0.2) is 11.4 Å². The Bertz CT molecular complexity index is 905. The Labute approximate surface area is 171 Å². The predicted molar refractivity (Wildman–Crippen MR) is 107 cm³/mol. The minimum Gasteiger partial charge on any atom is -0.432 e. The lowest BCUT2D eigenvalue weighted by Gasteiger charge is -2.36. The number of benzene rings is 1. The molecule has 3 heterocycles. The summed E-state index contributed by atoms with van der Waals surface area (Å²) in [5.74, 6) is -0.667. The Morgan fingerprint density at radius 3 is 2.52 bits per heavy atom. The van der Waals surface area contributed by atoms with Crippen LogP contribution in [0.4, 0.5) is 14.9 Å². The summed E-state index contributed by atoms with van der Waals surface area (Å²) in [5.41, 5.74) is -0.831. The molecule has 0 saturated carbocycles. The van der Waals surface area contributed by atoms with E-state index in [1.54, 1.807) is 0 Å². The lowest BCUT2D eigenvalue weighted by atomic mass is 9.90. The number of ketones is 1. The van der Waals surface area contributed by atoms with E-state index in [-0.39, 0.29) is 11.7 Å². The van der Waals surface area contributed by atoms with Crippen LogP contribution in [-0.2, 0) is 9.53 Å². The summed E-state index contributed by atoms with van der Waals surface area (Å²) in [4.78, 5) is 41.3. The van der Waals surface area contributed by atoms with Crippen molar-refractivity contribution in [2.45, 2.75) is 31.3 Å². The van der Waals surface area contributed by atoms with Crippen molar-refractivity contribution in [3.8, 4) is 0 Å². The summed E-state index contributed by atoms with van der Waals surface area (Å²) in [5, 5.41) is 1.90. The molecule has 1 aromatic heterocycles. The number of likely N-dealkylation sites (tertiary alicyclic amines) is 1. The van der Waals surface area contributed by atoms with Crippen LogP contribution >= 0.6 is 11.3 Å². The van der Waals surface area contributed by atoms with Crippen LogP contribution in [0.5, 0.6) is 0 Å². The molecule has 1 spiro atoms. The summed E-state index contributed by atoms with van der Waals surface area (Å²) in [7, 11) is 0. The van der Waals surface area contributed by atoms with Crippen LogP contribution in [0.25, 0.3) is 0 Å². The average molecular weight is 416 g/mol. The molecule has 2 aliphatic rings. The van der Waals surface area contributed by atoms with Crippen LogP contribution in [0, 0.1) is 5.82 Å². The first-order valence-corrected chi connectivity index (χ1v) is 10.5. The number of thiophene rings is 1. The summed E-state index contributed by atoms with van der Waals surface area (Å²) in [6.45, 7) is 1.99. The lowest BCUT2D eigenvalue weighted by molar-refractivity contribution is -0.133. The second-order valence-electron chi connectivity index (χ2n) is 7.32. The van der Waals surface area contributed by atoms with E-state index in [0.29, 0.717) is 38.0 Å². The Morgan fingerprint density at radius 1 is 1.14 bits per heavy atom. The number of Topliss-reactive ketones (excluding diaryl/α,β-unsaturated/α-hetero) is 1. The topological polar surface area (TPSA) is 66.9 Å². The summed E-state index contributed by atoms with van der Waals surface area (Å²) in [6.07, 6.45) is 1.35. The summed E-state index contributed by atoms with van der Waals surface area (Å²) >= 11 is 1.45. The zero-order valence-electron chi connectivity index (χ0n) is 15.8. The Hall–Kier alpha value is -2.58. The molecule has 6 nitrogen and oxygen atoms in total. The zero-order chi connectivity index (χ0) is 20.4. The zero-order valence-corrected chi connectivity index (χ0v) is 16.6.